The van der Waals surface area contributed by atoms with Crippen molar-refractivity contribution >= 4 is 23.2 Å². The first kappa shape index (κ1) is 18.3. The number of nitrogens with zero attached hydrogens (tertiary/aromatic N) is 1. The molecule has 1 aliphatic heterocycles. The second kappa shape index (κ2) is 8.23. The monoisotopic (exact) mass is 375 g/mol. The van der Waals surface area contributed by atoms with Crippen LogP contribution in [0.5, 0.6) is 11.5 Å². The fourth-order valence-corrected chi connectivity index (χ4v) is 3.99. The van der Waals surface area contributed by atoms with Gasteiger partial charge in [0.2, 0.25) is 0 Å². The largest absolute Gasteiger partial charge is 0.490 e. The molecule has 0 aliphatic carbocycles. The SMILES string of the molecule is CCOc1cc(C(=O)N2CCC[C@@H]2c2cccs2)ccc1OCC(=O)O. The predicted octanol–water partition coefficient (Wildman–Crippen LogP) is 3.59. The highest BCUT2D eigenvalue weighted by Crippen LogP contribution is 2.36. The number of amides is 1. The summed E-state index contributed by atoms with van der Waals surface area (Å²) >= 11 is 1.67. The van der Waals surface area contributed by atoms with Crippen LogP contribution in [0.4, 0.5) is 0 Å². The minimum Gasteiger partial charge on any atom is -0.490 e. The highest BCUT2D eigenvalue weighted by molar-refractivity contribution is 7.10. The van der Waals surface area contributed by atoms with Gasteiger partial charge in [0.1, 0.15) is 0 Å². The Kier molecular flexibility index (Phi) is 5.78. The number of hydrogen-bond donors (Lipinski definition) is 1. The van der Waals surface area contributed by atoms with E-state index in [1.165, 1.54) is 4.88 Å². The summed E-state index contributed by atoms with van der Waals surface area (Å²) in [4.78, 5) is 26.8. The first-order valence-electron chi connectivity index (χ1n) is 8.56. The van der Waals surface area contributed by atoms with E-state index in [0.29, 0.717) is 23.7 Å². The second-order valence-electron chi connectivity index (χ2n) is 5.95. The van der Waals surface area contributed by atoms with Gasteiger partial charge in [0, 0.05) is 17.0 Å². The van der Waals surface area contributed by atoms with Crippen molar-refractivity contribution in [1.29, 1.82) is 0 Å². The van der Waals surface area contributed by atoms with Gasteiger partial charge >= 0.3 is 5.97 Å². The number of benzene rings is 1. The van der Waals surface area contributed by atoms with Crippen LogP contribution in [0.2, 0.25) is 0 Å². The van der Waals surface area contributed by atoms with Crippen molar-refractivity contribution in [2.24, 2.45) is 0 Å². The summed E-state index contributed by atoms with van der Waals surface area (Å²) in [6, 6.07) is 9.06. The predicted molar refractivity (Wildman–Crippen MR) is 98.1 cm³/mol. The lowest BCUT2D eigenvalue weighted by Crippen LogP contribution is -2.30. The van der Waals surface area contributed by atoms with Crippen molar-refractivity contribution in [3.63, 3.8) is 0 Å². The zero-order valence-corrected chi connectivity index (χ0v) is 15.3. The van der Waals surface area contributed by atoms with Gasteiger partial charge in [-0.25, -0.2) is 4.79 Å². The summed E-state index contributed by atoms with van der Waals surface area (Å²) in [5.41, 5.74) is 0.514. The van der Waals surface area contributed by atoms with Crippen LogP contribution in [0.1, 0.15) is 41.0 Å². The highest BCUT2D eigenvalue weighted by atomic mass is 32.1. The van der Waals surface area contributed by atoms with Gasteiger partial charge in [-0.1, -0.05) is 6.07 Å². The molecule has 1 aromatic heterocycles. The topological polar surface area (TPSA) is 76.1 Å². The molecule has 0 radical (unpaired) electrons. The molecule has 2 heterocycles. The molecule has 3 rings (SSSR count). The average molecular weight is 375 g/mol. The summed E-state index contributed by atoms with van der Waals surface area (Å²) in [6.07, 6.45) is 1.94. The molecule has 138 valence electrons. The van der Waals surface area contributed by atoms with Gasteiger partial charge < -0.3 is 19.5 Å². The molecule has 0 saturated carbocycles. The van der Waals surface area contributed by atoms with Gasteiger partial charge in [0.05, 0.1) is 12.6 Å². The van der Waals surface area contributed by atoms with E-state index in [1.807, 2.05) is 23.3 Å². The number of likely N-dealkylation sites (tertiary alicyclic amines) is 1. The molecular formula is C19H21NO5S. The summed E-state index contributed by atoms with van der Waals surface area (Å²) in [7, 11) is 0. The number of thiophene rings is 1. The Balaban J connectivity index is 1.82. The molecule has 7 heteroatoms. The number of rotatable bonds is 7. The van der Waals surface area contributed by atoms with Crippen LogP contribution in [0.3, 0.4) is 0 Å². The van der Waals surface area contributed by atoms with E-state index in [9.17, 15) is 9.59 Å². The van der Waals surface area contributed by atoms with E-state index in [0.717, 1.165) is 19.4 Å². The van der Waals surface area contributed by atoms with Gasteiger partial charge in [-0.05, 0) is 49.4 Å². The molecule has 26 heavy (non-hydrogen) atoms. The van der Waals surface area contributed by atoms with Crippen LogP contribution in [0.15, 0.2) is 35.7 Å². The van der Waals surface area contributed by atoms with E-state index in [-0.39, 0.29) is 11.9 Å². The Hall–Kier alpha value is -2.54. The van der Waals surface area contributed by atoms with Gasteiger partial charge in [0.15, 0.2) is 18.1 Å². The molecule has 6 nitrogen and oxygen atoms in total. The maximum atomic E-state index is 13.0. The number of carbonyl (C=O) groups excluding carboxylic acids is 1. The van der Waals surface area contributed by atoms with Gasteiger partial charge in [-0.3, -0.25) is 4.79 Å². The van der Waals surface area contributed by atoms with Gasteiger partial charge in [0.25, 0.3) is 5.91 Å². The first-order chi connectivity index (χ1) is 12.6. The van der Waals surface area contributed by atoms with Crippen LogP contribution in [0, 0.1) is 0 Å². The molecule has 1 aliphatic rings. The van der Waals surface area contributed by atoms with Crippen molar-refractivity contribution in [3.8, 4) is 11.5 Å². The smallest absolute Gasteiger partial charge is 0.341 e. The van der Waals surface area contributed by atoms with Crippen LogP contribution in [-0.4, -0.2) is 41.6 Å². The molecule has 1 saturated heterocycles. The number of carboxylic acids is 1. The molecule has 1 aromatic carbocycles. The summed E-state index contributed by atoms with van der Waals surface area (Å²) in [6.45, 7) is 2.48. The van der Waals surface area contributed by atoms with Crippen molar-refractivity contribution in [2.45, 2.75) is 25.8 Å². The van der Waals surface area contributed by atoms with E-state index >= 15 is 0 Å². The van der Waals surface area contributed by atoms with Crippen molar-refractivity contribution in [2.75, 3.05) is 19.8 Å². The third-order valence-electron chi connectivity index (χ3n) is 4.23. The lowest BCUT2D eigenvalue weighted by atomic mass is 10.1. The standard InChI is InChI=1S/C19H21NO5S/c1-2-24-16-11-13(7-8-15(16)25-12-18(21)22)19(23)20-9-3-5-14(20)17-6-4-10-26-17/h4,6-8,10-11,14H,2-3,5,9,12H2,1H3,(H,21,22)/t14-/m1/s1. The van der Waals surface area contributed by atoms with Gasteiger partial charge in [-0.2, -0.15) is 0 Å². The van der Waals surface area contributed by atoms with Gasteiger partial charge in [-0.15, -0.1) is 11.3 Å². The molecule has 0 bridgehead atoms. The van der Waals surface area contributed by atoms with Crippen molar-refractivity contribution in [1.82, 2.24) is 4.90 Å². The first-order valence-corrected chi connectivity index (χ1v) is 9.44. The Bertz CT molecular complexity index is 774. The third kappa shape index (κ3) is 3.99. The summed E-state index contributed by atoms with van der Waals surface area (Å²) in [5, 5.41) is 10.8. The zero-order valence-electron chi connectivity index (χ0n) is 14.5. The van der Waals surface area contributed by atoms with E-state index in [2.05, 4.69) is 6.07 Å². The van der Waals surface area contributed by atoms with E-state index in [1.54, 1.807) is 29.5 Å². The Labute approximate surface area is 156 Å². The fraction of sp³-hybridized carbons (Fsp3) is 0.368. The maximum absolute atomic E-state index is 13.0. The molecule has 1 fully saturated rings. The average Bonchev–Trinajstić information content (AvgIpc) is 3.31. The minimum atomic E-state index is -1.07. The Morgan fingerprint density at radius 2 is 2.12 bits per heavy atom. The molecule has 0 spiro atoms. The Morgan fingerprint density at radius 1 is 1.27 bits per heavy atom. The lowest BCUT2D eigenvalue weighted by Gasteiger charge is -2.24. The van der Waals surface area contributed by atoms with Crippen LogP contribution >= 0.6 is 11.3 Å². The molecule has 1 atom stereocenters. The maximum Gasteiger partial charge on any atom is 0.341 e. The number of carbonyl (C=O) groups is 2. The number of ether oxygens (including phenoxy) is 2. The number of carboxylic acid groups (broad SMARTS) is 1. The molecule has 2 aromatic rings. The number of aliphatic carboxylic acids is 1. The normalized spacial score (nSPS) is 16.5. The van der Waals surface area contributed by atoms with Crippen molar-refractivity contribution in [3.05, 3.63) is 46.2 Å². The Morgan fingerprint density at radius 3 is 2.81 bits per heavy atom. The van der Waals surface area contributed by atoms with E-state index < -0.39 is 12.6 Å². The summed E-state index contributed by atoms with van der Waals surface area (Å²) < 4.78 is 10.8. The molecule has 0 unspecified atom stereocenters. The van der Waals surface area contributed by atoms with Crippen LogP contribution in [0.25, 0.3) is 0 Å². The fourth-order valence-electron chi connectivity index (χ4n) is 3.12. The third-order valence-corrected chi connectivity index (χ3v) is 5.20. The van der Waals surface area contributed by atoms with Crippen molar-refractivity contribution < 1.29 is 24.2 Å². The van der Waals surface area contributed by atoms with Crippen LogP contribution < -0.4 is 9.47 Å². The second-order valence-corrected chi connectivity index (χ2v) is 6.93. The highest BCUT2D eigenvalue weighted by Gasteiger charge is 2.31. The number of hydrogen-bond acceptors (Lipinski definition) is 5. The quantitative estimate of drug-likeness (QED) is 0.800. The lowest BCUT2D eigenvalue weighted by molar-refractivity contribution is -0.139. The zero-order chi connectivity index (χ0) is 18.5. The molecule has 1 amide bonds. The summed E-state index contributed by atoms with van der Waals surface area (Å²) in [5.74, 6) is -0.413. The minimum absolute atomic E-state index is 0.0494. The molecule has 1 N–H and O–H groups in total. The molecular weight excluding hydrogens is 354 g/mol. The van der Waals surface area contributed by atoms with Crippen LogP contribution in [-0.2, 0) is 4.79 Å². The van der Waals surface area contributed by atoms with E-state index in [4.69, 9.17) is 14.6 Å².